The van der Waals surface area contributed by atoms with E-state index in [0.29, 0.717) is 24.4 Å². The molecule has 1 aliphatic heterocycles. The number of nitrogens with one attached hydrogen (secondary N) is 1. The van der Waals surface area contributed by atoms with Gasteiger partial charge in [-0.05, 0) is 43.2 Å². The van der Waals surface area contributed by atoms with E-state index < -0.39 is 29.1 Å². The Balaban J connectivity index is 1.77. The SMILES string of the molecule is COc1ccccc1N1CCC(NC(=O)c2cc(F)c(C)cc2F)C1=O. The fraction of sp³-hybridized carbons (Fsp3) is 0.263. The number of hydrogen-bond acceptors (Lipinski definition) is 3. The number of nitrogens with zero attached hydrogens (tertiary/aromatic N) is 1. The van der Waals surface area contributed by atoms with E-state index in [4.69, 9.17) is 4.74 Å². The van der Waals surface area contributed by atoms with Crippen molar-refractivity contribution in [3.63, 3.8) is 0 Å². The predicted octanol–water partition coefficient (Wildman–Crippen LogP) is 2.82. The molecule has 2 aromatic rings. The van der Waals surface area contributed by atoms with E-state index in [1.165, 1.54) is 18.9 Å². The van der Waals surface area contributed by atoms with E-state index >= 15 is 0 Å². The van der Waals surface area contributed by atoms with Crippen LogP contribution < -0.4 is 15.0 Å². The zero-order valence-electron chi connectivity index (χ0n) is 14.4. The Bertz CT molecular complexity index is 870. The van der Waals surface area contributed by atoms with E-state index in [9.17, 15) is 18.4 Å². The van der Waals surface area contributed by atoms with Gasteiger partial charge in [0.25, 0.3) is 5.91 Å². The van der Waals surface area contributed by atoms with E-state index in [0.717, 1.165) is 12.1 Å². The summed E-state index contributed by atoms with van der Waals surface area (Å²) in [7, 11) is 1.51. The van der Waals surface area contributed by atoms with E-state index in [1.54, 1.807) is 24.3 Å². The summed E-state index contributed by atoms with van der Waals surface area (Å²) in [6, 6.07) is 8.04. The van der Waals surface area contributed by atoms with Crippen molar-refractivity contribution in [1.82, 2.24) is 5.32 Å². The van der Waals surface area contributed by atoms with Crippen LogP contribution in [-0.4, -0.2) is 31.5 Å². The molecule has 0 aromatic heterocycles. The quantitative estimate of drug-likeness (QED) is 0.912. The lowest BCUT2D eigenvalue weighted by Gasteiger charge is -2.19. The first-order valence-corrected chi connectivity index (χ1v) is 8.13. The third-order valence-corrected chi connectivity index (χ3v) is 4.38. The van der Waals surface area contributed by atoms with Crippen molar-refractivity contribution in [2.24, 2.45) is 0 Å². The number of ether oxygens (including phenoxy) is 1. The highest BCUT2D eigenvalue weighted by Gasteiger charge is 2.35. The number of rotatable bonds is 4. The first-order chi connectivity index (χ1) is 12.4. The summed E-state index contributed by atoms with van der Waals surface area (Å²) in [6.45, 7) is 1.79. The standard InChI is InChI=1S/C19H18F2N2O3/c1-11-9-14(21)12(10-13(11)20)18(24)22-15-7-8-23(19(15)25)16-5-3-4-6-17(16)26-2/h3-6,9-10,15H,7-8H2,1-2H3,(H,22,24). The van der Waals surface area contributed by atoms with Crippen molar-refractivity contribution >= 4 is 17.5 Å². The number of methoxy groups -OCH3 is 1. The molecule has 7 heteroatoms. The van der Waals surface area contributed by atoms with Crippen molar-refractivity contribution < 1.29 is 23.1 Å². The molecule has 1 unspecified atom stereocenters. The number of benzene rings is 2. The van der Waals surface area contributed by atoms with Crippen LogP contribution in [0.15, 0.2) is 36.4 Å². The Kier molecular flexibility index (Phi) is 4.88. The summed E-state index contributed by atoms with van der Waals surface area (Å²) < 4.78 is 32.9. The number of amides is 2. The van der Waals surface area contributed by atoms with Crippen LogP contribution in [0.25, 0.3) is 0 Å². The smallest absolute Gasteiger partial charge is 0.255 e. The van der Waals surface area contributed by atoms with Crippen molar-refractivity contribution in [1.29, 1.82) is 0 Å². The molecule has 1 heterocycles. The molecule has 3 rings (SSSR count). The second-order valence-electron chi connectivity index (χ2n) is 6.06. The van der Waals surface area contributed by atoms with Gasteiger partial charge >= 0.3 is 0 Å². The fourth-order valence-electron chi connectivity index (χ4n) is 2.96. The zero-order chi connectivity index (χ0) is 18.8. The molecule has 0 aliphatic carbocycles. The lowest BCUT2D eigenvalue weighted by Crippen LogP contribution is -2.42. The molecule has 1 fully saturated rings. The second-order valence-corrected chi connectivity index (χ2v) is 6.06. The Hall–Kier alpha value is -2.96. The highest BCUT2D eigenvalue weighted by Crippen LogP contribution is 2.31. The maximum Gasteiger partial charge on any atom is 0.255 e. The summed E-state index contributed by atoms with van der Waals surface area (Å²) in [5.74, 6) is -2.10. The normalized spacial score (nSPS) is 16.7. The minimum Gasteiger partial charge on any atom is -0.495 e. The molecule has 5 nitrogen and oxygen atoms in total. The van der Waals surface area contributed by atoms with Crippen LogP contribution in [0.4, 0.5) is 14.5 Å². The third kappa shape index (κ3) is 3.24. The molecule has 0 bridgehead atoms. The van der Waals surface area contributed by atoms with Gasteiger partial charge < -0.3 is 15.0 Å². The molecule has 0 radical (unpaired) electrons. The van der Waals surface area contributed by atoms with Crippen LogP contribution in [0.2, 0.25) is 0 Å². The molecule has 2 aromatic carbocycles. The summed E-state index contributed by atoms with van der Waals surface area (Å²) in [4.78, 5) is 26.4. The number of anilines is 1. The van der Waals surface area contributed by atoms with E-state index in [-0.39, 0.29) is 11.5 Å². The van der Waals surface area contributed by atoms with Gasteiger partial charge in [-0.15, -0.1) is 0 Å². The molecule has 1 aliphatic rings. The maximum absolute atomic E-state index is 14.0. The highest BCUT2D eigenvalue weighted by molar-refractivity contribution is 6.04. The molecular formula is C19H18F2N2O3. The Labute approximate surface area is 149 Å². The zero-order valence-corrected chi connectivity index (χ0v) is 14.4. The largest absolute Gasteiger partial charge is 0.495 e. The van der Waals surface area contributed by atoms with Crippen molar-refractivity contribution in [3.8, 4) is 5.75 Å². The van der Waals surface area contributed by atoms with Gasteiger partial charge in [-0.3, -0.25) is 9.59 Å². The van der Waals surface area contributed by atoms with Gasteiger partial charge in [-0.2, -0.15) is 0 Å². The molecule has 0 spiro atoms. The average molecular weight is 360 g/mol. The first kappa shape index (κ1) is 17.8. The van der Waals surface area contributed by atoms with Crippen molar-refractivity contribution in [2.75, 3.05) is 18.6 Å². The molecule has 1 atom stereocenters. The maximum atomic E-state index is 14.0. The Morgan fingerprint density at radius 2 is 1.96 bits per heavy atom. The van der Waals surface area contributed by atoms with Crippen LogP contribution in [0.3, 0.4) is 0 Å². The Morgan fingerprint density at radius 1 is 1.23 bits per heavy atom. The first-order valence-electron chi connectivity index (χ1n) is 8.13. The lowest BCUT2D eigenvalue weighted by molar-refractivity contribution is -0.118. The predicted molar refractivity (Wildman–Crippen MR) is 92.3 cm³/mol. The monoisotopic (exact) mass is 360 g/mol. The highest BCUT2D eigenvalue weighted by atomic mass is 19.1. The number of hydrogen-bond donors (Lipinski definition) is 1. The fourth-order valence-corrected chi connectivity index (χ4v) is 2.96. The summed E-state index contributed by atoms with van der Waals surface area (Å²) in [5.41, 5.74) is 0.291. The minimum absolute atomic E-state index is 0.110. The number of halogens is 2. The van der Waals surface area contributed by atoms with Gasteiger partial charge in [-0.25, -0.2) is 8.78 Å². The molecular weight excluding hydrogens is 342 g/mol. The topological polar surface area (TPSA) is 58.6 Å². The van der Waals surface area contributed by atoms with E-state index in [2.05, 4.69) is 5.32 Å². The van der Waals surface area contributed by atoms with Crippen LogP contribution in [-0.2, 0) is 4.79 Å². The van der Waals surface area contributed by atoms with Crippen LogP contribution in [0.1, 0.15) is 22.3 Å². The van der Waals surface area contributed by atoms with Crippen molar-refractivity contribution in [3.05, 3.63) is 59.2 Å². The minimum atomic E-state index is -0.826. The van der Waals surface area contributed by atoms with E-state index in [1.807, 2.05) is 0 Å². The Morgan fingerprint density at radius 3 is 2.69 bits per heavy atom. The molecule has 1 saturated heterocycles. The summed E-state index contributed by atoms with van der Waals surface area (Å²) in [5, 5.41) is 2.49. The van der Waals surface area contributed by atoms with Gasteiger partial charge in [0.15, 0.2) is 0 Å². The number of aryl methyl sites for hydroxylation is 1. The third-order valence-electron chi connectivity index (χ3n) is 4.38. The van der Waals surface area contributed by atoms with Gasteiger partial charge in [0.05, 0.1) is 18.4 Å². The van der Waals surface area contributed by atoms with Crippen LogP contribution >= 0.6 is 0 Å². The number of carbonyl (C=O) groups is 2. The van der Waals surface area contributed by atoms with Gasteiger partial charge in [0, 0.05) is 6.54 Å². The van der Waals surface area contributed by atoms with Gasteiger partial charge in [-0.1, -0.05) is 12.1 Å². The molecule has 136 valence electrons. The molecule has 2 amide bonds. The van der Waals surface area contributed by atoms with Crippen molar-refractivity contribution in [2.45, 2.75) is 19.4 Å². The number of para-hydroxylation sites is 2. The lowest BCUT2D eigenvalue weighted by atomic mass is 10.1. The average Bonchev–Trinajstić information content (AvgIpc) is 2.98. The molecule has 0 saturated carbocycles. The molecule has 26 heavy (non-hydrogen) atoms. The number of carbonyl (C=O) groups excluding carboxylic acids is 2. The second kappa shape index (κ2) is 7.11. The van der Waals surface area contributed by atoms with Gasteiger partial charge in [0.2, 0.25) is 5.91 Å². The molecule has 1 N–H and O–H groups in total. The van der Waals surface area contributed by atoms with Gasteiger partial charge in [0.1, 0.15) is 23.4 Å². The summed E-state index contributed by atoms with van der Waals surface area (Å²) in [6.07, 6.45) is 0.360. The van der Waals surface area contributed by atoms with Crippen LogP contribution in [0, 0.1) is 18.6 Å². The summed E-state index contributed by atoms with van der Waals surface area (Å²) >= 11 is 0. The van der Waals surface area contributed by atoms with Crippen LogP contribution in [0.5, 0.6) is 5.75 Å².